The fourth-order valence-electron chi connectivity index (χ4n) is 1.68. The van der Waals surface area contributed by atoms with E-state index in [1.165, 1.54) is 0 Å². The van der Waals surface area contributed by atoms with Crippen LogP contribution in [0.5, 0.6) is 0 Å². The number of nitrogens with zero attached hydrogens (tertiary/aromatic N) is 2. The Kier molecular flexibility index (Phi) is 2.55. The molecule has 0 heterocycles. The van der Waals surface area contributed by atoms with E-state index < -0.39 is 0 Å². The topological polar surface area (TPSA) is 36.1 Å². The van der Waals surface area contributed by atoms with Gasteiger partial charge in [-0.25, -0.2) is 0 Å². The van der Waals surface area contributed by atoms with E-state index in [1.54, 1.807) is 0 Å². The molecule has 76 valence electrons. The van der Waals surface area contributed by atoms with E-state index in [0.717, 1.165) is 24.8 Å². The van der Waals surface area contributed by atoms with Gasteiger partial charge >= 0.3 is 0 Å². The first-order valence-corrected chi connectivity index (χ1v) is 5.35. The van der Waals surface area contributed by atoms with Crippen molar-refractivity contribution in [2.75, 3.05) is 0 Å². The zero-order valence-electron chi connectivity index (χ0n) is 8.90. The summed E-state index contributed by atoms with van der Waals surface area (Å²) in [5.74, 6) is 0. The molecule has 0 amide bonds. The molecular formula is C13H14N2. The largest absolute Gasteiger partial charge is 0.267 e. The van der Waals surface area contributed by atoms with Gasteiger partial charge in [0, 0.05) is 5.56 Å². The zero-order valence-corrected chi connectivity index (χ0v) is 8.90. The fraction of sp³-hybridized carbons (Fsp3) is 0.385. The van der Waals surface area contributed by atoms with Gasteiger partial charge in [0.25, 0.3) is 0 Å². The van der Waals surface area contributed by atoms with Crippen LogP contribution >= 0.6 is 0 Å². The molecule has 1 aliphatic rings. The highest BCUT2D eigenvalue weighted by atomic mass is 14.9. The molecule has 0 radical (unpaired) electrons. The summed E-state index contributed by atoms with van der Waals surface area (Å²) in [5.41, 5.74) is 1.59. The molecule has 1 aromatic carbocycles. The van der Waals surface area contributed by atoms with Crippen molar-refractivity contribution in [2.45, 2.75) is 31.7 Å². The lowest BCUT2D eigenvalue weighted by molar-refractivity contribution is 0.655. The lowest BCUT2D eigenvalue weighted by Gasteiger charge is -2.06. The zero-order chi connectivity index (χ0) is 10.7. The first-order valence-electron chi connectivity index (χ1n) is 5.35. The van der Waals surface area contributed by atoms with Crippen molar-refractivity contribution >= 4 is 5.71 Å². The quantitative estimate of drug-likeness (QED) is 0.688. The third-order valence-electron chi connectivity index (χ3n) is 2.99. The van der Waals surface area contributed by atoms with E-state index in [9.17, 15) is 0 Å². The van der Waals surface area contributed by atoms with Gasteiger partial charge in [0.1, 0.15) is 11.8 Å². The van der Waals surface area contributed by atoms with Gasteiger partial charge in [0.2, 0.25) is 0 Å². The molecule has 0 atom stereocenters. The highest BCUT2D eigenvalue weighted by molar-refractivity contribution is 6.11. The first kappa shape index (κ1) is 9.92. The maximum atomic E-state index is 9.09. The van der Waals surface area contributed by atoms with Crippen LogP contribution in [0.25, 0.3) is 0 Å². The minimum Gasteiger partial charge on any atom is -0.267 e. The summed E-state index contributed by atoms with van der Waals surface area (Å²) in [6, 6.07) is 11.9. The van der Waals surface area contributed by atoms with E-state index in [0.29, 0.717) is 5.71 Å². The van der Waals surface area contributed by atoms with Gasteiger partial charge in [-0.1, -0.05) is 37.3 Å². The van der Waals surface area contributed by atoms with Crippen molar-refractivity contribution < 1.29 is 0 Å². The summed E-state index contributed by atoms with van der Waals surface area (Å²) < 4.78 is 0. The molecule has 1 aliphatic carbocycles. The molecule has 2 heteroatoms. The number of hydrogen-bond donors (Lipinski definition) is 0. The van der Waals surface area contributed by atoms with Gasteiger partial charge in [-0.2, -0.15) is 5.26 Å². The molecule has 0 aliphatic heterocycles. The highest BCUT2D eigenvalue weighted by Crippen LogP contribution is 2.43. The number of hydrogen-bond acceptors (Lipinski definition) is 2. The molecular weight excluding hydrogens is 184 g/mol. The second-order valence-electron chi connectivity index (χ2n) is 4.02. The second-order valence-corrected chi connectivity index (χ2v) is 4.02. The highest BCUT2D eigenvalue weighted by Gasteiger charge is 2.40. The molecule has 1 fully saturated rings. The average Bonchev–Trinajstić information content (AvgIpc) is 3.08. The Hall–Kier alpha value is -1.62. The van der Waals surface area contributed by atoms with E-state index >= 15 is 0 Å². The predicted molar refractivity (Wildman–Crippen MR) is 60.8 cm³/mol. The van der Waals surface area contributed by atoms with Crippen molar-refractivity contribution in [3.63, 3.8) is 0 Å². The Morgan fingerprint density at radius 1 is 1.40 bits per heavy atom. The van der Waals surface area contributed by atoms with Gasteiger partial charge in [0.05, 0.1) is 5.54 Å². The smallest absolute Gasteiger partial charge is 0.142 e. The van der Waals surface area contributed by atoms with Gasteiger partial charge in [-0.15, -0.1) is 0 Å². The molecule has 0 aromatic heterocycles. The lowest BCUT2D eigenvalue weighted by atomic mass is 10.1. The Labute approximate surface area is 90.3 Å². The summed E-state index contributed by atoms with van der Waals surface area (Å²) in [5, 5.41) is 9.09. The fourth-order valence-corrected chi connectivity index (χ4v) is 1.68. The first-order chi connectivity index (χ1) is 7.29. The summed E-state index contributed by atoms with van der Waals surface area (Å²) in [6.45, 7) is 2.14. The van der Waals surface area contributed by atoms with Crippen LogP contribution in [0.2, 0.25) is 0 Å². The Morgan fingerprint density at radius 2 is 2.07 bits per heavy atom. The summed E-state index contributed by atoms with van der Waals surface area (Å²) in [7, 11) is 0. The maximum Gasteiger partial charge on any atom is 0.142 e. The van der Waals surface area contributed by atoms with Crippen LogP contribution in [0.15, 0.2) is 35.3 Å². The van der Waals surface area contributed by atoms with E-state index in [-0.39, 0.29) is 5.54 Å². The third-order valence-corrected chi connectivity index (χ3v) is 2.99. The molecule has 1 aromatic rings. The monoisotopic (exact) mass is 198 g/mol. The number of rotatable bonds is 3. The predicted octanol–water partition coefficient (Wildman–Crippen LogP) is 2.94. The van der Waals surface area contributed by atoms with E-state index in [4.69, 9.17) is 5.26 Å². The van der Waals surface area contributed by atoms with Crippen LogP contribution in [-0.4, -0.2) is 11.3 Å². The Bertz CT molecular complexity index is 408. The molecule has 1 saturated carbocycles. The number of benzene rings is 1. The Balaban J connectivity index is 2.30. The van der Waals surface area contributed by atoms with E-state index in [1.807, 2.05) is 30.3 Å². The molecule has 15 heavy (non-hydrogen) atoms. The van der Waals surface area contributed by atoms with Crippen molar-refractivity contribution in [3.05, 3.63) is 35.9 Å². The molecule has 2 rings (SSSR count). The van der Waals surface area contributed by atoms with Crippen LogP contribution in [0, 0.1) is 11.3 Å². The molecule has 0 bridgehead atoms. The maximum absolute atomic E-state index is 9.09. The molecule has 0 N–H and O–H groups in total. The molecule has 0 spiro atoms. The normalized spacial score (nSPS) is 18.3. The average molecular weight is 198 g/mol. The molecule has 2 nitrogen and oxygen atoms in total. The van der Waals surface area contributed by atoms with Crippen LogP contribution < -0.4 is 0 Å². The molecule has 0 unspecified atom stereocenters. The van der Waals surface area contributed by atoms with E-state index in [2.05, 4.69) is 18.0 Å². The van der Waals surface area contributed by atoms with Gasteiger partial charge in [-0.3, -0.25) is 4.99 Å². The van der Waals surface area contributed by atoms with Crippen molar-refractivity contribution in [3.8, 4) is 6.07 Å². The van der Waals surface area contributed by atoms with Crippen LogP contribution in [0.1, 0.15) is 31.7 Å². The van der Waals surface area contributed by atoms with Crippen molar-refractivity contribution in [1.29, 1.82) is 5.26 Å². The lowest BCUT2D eigenvalue weighted by Crippen LogP contribution is -2.08. The van der Waals surface area contributed by atoms with Crippen LogP contribution in [0.3, 0.4) is 0 Å². The minimum atomic E-state index is 0.0842. The molecule has 0 saturated heterocycles. The third kappa shape index (κ3) is 2.07. The summed E-state index contributed by atoms with van der Waals surface area (Å²) in [4.78, 5) is 4.58. The Morgan fingerprint density at radius 3 is 2.53 bits per heavy atom. The summed E-state index contributed by atoms with van der Waals surface area (Å²) >= 11 is 0. The van der Waals surface area contributed by atoms with Gasteiger partial charge in [0.15, 0.2) is 0 Å². The summed E-state index contributed by atoms with van der Waals surface area (Å²) in [6.07, 6.45) is 3.29. The van der Waals surface area contributed by atoms with Gasteiger partial charge in [-0.05, 0) is 19.3 Å². The van der Waals surface area contributed by atoms with Crippen LogP contribution in [0.4, 0.5) is 0 Å². The number of aliphatic imine (C=N–C) groups is 1. The van der Waals surface area contributed by atoms with Crippen molar-refractivity contribution in [1.82, 2.24) is 0 Å². The van der Waals surface area contributed by atoms with Crippen LogP contribution in [-0.2, 0) is 0 Å². The van der Waals surface area contributed by atoms with Crippen molar-refractivity contribution in [2.24, 2.45) is 4.99 Å². The standard InChI is InChI=1S/C13H14N2/c1-2-13(8-9-13)15-12(10-14)11-6-4-3-5-7-11/h3-7H,2,8-9H2,1H3. The number of nitriles is 1. The SMILES string of the molecule is CCC1(N=C(C#N)c2ccccc2)CC1. The minimum absolute atomic E-state index is 0.0842. The van der Waals surface area contributed by atoms with Gasteiger partial charge < -0.3 is 0 Å². The second kappa shape index (κ2) is 3.86.